The number of rotatable bonds is 7. The van der Waals surface area contributed by atoms with E-state index in [4.69, 9.17) is 10.5 Å². The van der Waals surface area contributed by atoms with Crippen molar-refractivity contribution in [2.75, 3.05) is 6.61 Å². The van der Waals surface area contributed by atoms with E-state index in [1.807, 2.05) is 6.08 Å². The van der Waals surface area contributed by atoms with Gasteiger partial charge in [-0.25, -0.2) is 0 Å². The lowest BCUT2D eigenvalue weighted by Gasteiger charge is -2.38. The molecule has 0 spiro atoms. The molecule has 1 aliphatic rings. The summed E-state index contributed by atoms with van der Waals surface area (Å²) in [5, 5.41) is 0. The van der Waals surface area contributed by atoms with Gasteiger partial charge >= 0.3 is 0 Å². The van der Waals surface area contributed by atoms with Crippen LogP contribution >= 0.6 is 0 Å². The lowest BCUT2D eigenvalue weighted by molar-refractivity contribution is -0.0702. The molecule has 0 aromatic rings. The van der Waals surface area contributed by atoms with Crippen LogP contribution in [-0.4, -0.2) is 18.2 Å². The summed E-state index contributed by atoms with van der Waals surface area (Å²) in [6.07, 6.45) is 12.8. The molecule has 1 rings (SSSR count). The predicted octanol–water partition coefficient (Wildman–Crippen LogP) is 3.80. The smallest absolute Gasteiger partial charge is 0.0832 e. The van der Waals surface area contributed by atoms with Gasteiger partial charge in [-0.3, -0.25) is 0 Å². The zero-order chi connectivity index (χ0) is 12.6. The first-order chi connectivity index (χ1) is 8.25. The Morgan fingerprint density at radius 2 is 1.94 bits per heavy atom. The van der Waals surface area contributed by atoms with Crippen molar-refractivity contribution in [1.82, 2.24) is 0 Å². The molecule has 2 nitrogen and oxygen atoms in total. The van der Waals surface area contributed by atoms with E-state index in [2.05, 4.69) is 13.5 Å². The molecule has 0 aromatic heterocycles. The highest BCUT2D eigenvalue weighted by molar-refractivity contribution is 4.93. The Hall–Kier alpha value is -0.340. The Morgan fingerprint density at radius 1 is 1.29 bits per heavy atom. The maximum atomic E-state index is 6.42. The second kappa shape index (κ2) is 7.88. The molecule has 0 radical (unpaired) electrons. The van der Waals surface area contributed by atoms with Crippen molar-refractivity contribution in [1.29, 1.82) is 0 Å². The van der Waals surface area contributed by atoms with Crippen LogP contribution in [0.2, 0.25) is 0 Å². The van der Waals surface area contributed by atoms with Crippen LogP contribution in [0.5, 0.6) is 0 Å². The zero-order valence-corrected chi connectivity index (χ0v) is 11.4. The third kappa shape index (κ3) is 4.44. The SMILES string of the molecule is C=CCCCC(N)C1(OCC)CCCCCC1. The normalized spacial score (nSPS) is 21.8. The van der Waals surface area contributed by atoms with Gasteiger partial charge in [0.05, 0.1) is 5.60 Å². The molecule has 0 amide bonds. The minimum atomic E-state index is -0.0353. The van der Waals surface area contributed by atoms with Gasteiger partial charge < -0.3 is 10.5 Å². The molecule has 1 saturated carbocycles. The van der Waals surface area contributed by atoms with E-state index in [-0.39, 0.29) is 11.6 Å². The first kappa shape index (κ1) is 14.7. The highest BCUT2D eigenvalue weighted by atomic mass is 16.5. The lowest BCUT2D eigenvalue weighted by atomic mass is 9.84. The molecule has 2 heteroatoms. The molecular formula is C15H29NO. The van der Waals surface area contributed by atoms with Gasteiger partial charge in [-0.1, -0.05) is 31.8 Å². The van der Waals surface area contributed by atoms with Gasteiger partial charge in [0.25, 0.3) is 0 Å². The second-order valence-electron chi connectivity index (χ2n) is 5.24. The van der Waals surface area contributed by atoms with Gasteiger partial charge in [0.15, 0.2) is 0 Å². The Kier molecular flexibility index (Phi) is 6.83. The first-order valence-corrected chi connectivity index (χ1v) is 7.25. The van der Waals surface area contributed by atoms with Crippen LogP contribution < -0.4 is 5.73 Å². The van der Waals surface area contributed by atoms with Gasteiger partial charge in [-0.2, -0.15) is 0 Å². The molecule has 2 N–H and O–H groups in total. The number of unbranched alkanes of at least 4 members (excludes halogenated alkanes) is 1. The average Bonchev–Trinajstić information content (AvgIpc) is 2.56. The molecule has 17 heavy (non-hydrogen) atoms. The summed E-state index contributed by atoms with van der Waals surface area (Å²) < 4.78 is 6.09. The fourth-order valence-electron chi connectivity index (χ4n) is 2.98. The highest BCUT2D eigenvalue weighted by Crippen LogP contribution is 2.34. The van der Waals surface area contributed by atoms with Crippen molar-refractivity contribution in [3.05, 3.63) is 12.7 Å². The Morgan fingerprint density at radius 3 is 2.47 bits per heavy atom. The lowest BCUT2D eigenvalue weighted by Crippen LogP contribution is -2.50. The monoisotopic (exact) mass is 239 g/mol. The quantitative estimate of drug-likeness (QED) is 0.416. The molecule has 0 aromatic carbocycles. The highest BCUT2D eigenvalue weighted by Gasteiger charge is 2.37. The maximum Gasteiger partial charge on any atom is 0.0832 e. The average molecular weight is 239 g/mol. The van der Waals surface area contributed by atoms with Gasteiger partial charge in [-0.05, 0) is 39.0 Å². The topological polar surface area (TPSA) is 35.2 Å². The van der Waals surface area contributed by atoms with Crippen LogP contribution in [-0.2, 0) is 4.74 Å². The molecular weight excluding hydrogens is 210 g/mol. The van der Waals surface area contributed by atoms with Gasteiger partial charge in [0.2, 0.25) is 0 Å². The molecule has 0 bridgehead atoms. The number of ether oxygens (including phenoxy) is 1. The number of allylic oxidation sites excluding steroid dienone is 1. The van der Waals surface area contributed by atoms with E-state index < -0.39 is 0 Å². The molecule has 1 aliphatic carbocycles. The fraction of sp³-hybridized carbons (Fsp3) is 0.867. The minimum Gasteiger partial charge on any atom is -0.374 e. The standard InChI is InChI=1S/C15H29NO/c1-3-5-8-11-14(16)15(17-4-2)12-9-6-7-10-13-15/h3,14H,1,4-13,16H2,2H3. The zero-order valence-electron chi connectivity index (χ0n) is 11.4. The van der Waals surface area contributed by atoms with Crippen molar-refractivity contribution in [2.24, 2.45) is 5.73 Å². The van der Waals surface area contributed by atoms with E-state index >= 15 is 0 Å². The van der Waals surface area contributed by atoms with E-state index in [1.165, 1.54) is 25.7 Å². The maximum absolute atomic E-state index is 6.42. The summed E-state index contributed by atoms with van der Waals surface area (Å²) in [4.78, 5) is 0. The predicted molar refractivity (Wildman–Crippen MR) is 74.1 cm³/mol. The van der Waals surface area contributed by atoms with Crippen molar-refractivity contribution < 1.29 is 4.74 Å². The largest absolute Gasteiger partial charge is 0.374 e. The summed E-state index contributed by atoms with van der Waals surface area (Å²) >= 11 is 0. The molecule has 0 aliphatic heterocycles. The summed E-state index contributed by atoms with van der Waals surface area (Å²) in [5.74, 6) is 0. The Balaban J connectivity index is 2.56. The van der Waals surface area contributed by atoms with Crippen LogP contribution in [0.4, 0.5) is 0 Å². The van der Waals surface area contributed by atoms with E-state index in [0.29, 0.717) is 0 Å². The second-order valence-corrected chi connectivity index (χ2v) is 5.24. The van der Waals surface area contributed by atoms with E-state index in [0.717, 1.165) is 38.7 Å². The number of hydrogen-bond donors (Lipinski definition) is 1. The number of nitrogens with two attached hydrogens (primary N) is 1. The van der Waals surface area contributed by atoms with Crippen molar-refractivity contribution in [3.8, 4) is 0 Å². The molecule has 100 valence electrons. The van der Waals surface area contributed by atoms with E-state index in [9.17, 15) is 0 Å². The Bertz CT molecular complexity index is 207. The summed E-state index contributed by atoms with van der Waals surface area (Å²) in [7, 11) is 0. The summed E-state index contributed by atoms with van der Waals surface area (Å²) in [5.41, 5.74) is 6.39. The summed E-state index contributed by atoms with van der Waals surface area (Å²) in [6, 6.07) is 0.195. The molecule has 0 heterocycles. The molecule has 1 atom stereocenters. The number of hydrogen-bond acceptors (Lipinski definition) is 2. The van der Waals surface area contributed by atoms with Crippen LogP contribution in [0.15, 0.2) is 12.7 Å². The van der Waals surface area contributed by atoms with Crippen LogP contribution in [0.3, 0.4) is 0 Å². The van der Waals surface area contributed by atoms with Crippen LogP contribution in [0, 0.1) is 0 Å². The van der Waals surface area contributed by atoms with Crippen molar-refractivity contribution in [3.63, 3.8) is 0 Å². The van der Waals surface area contributed by atoms with E-state index in [1.54, 1.807) is 0 Å². The Labute approximate surface area is 107 Å². The fourth-order valence-corrected chi connectivity index (χ4v) is 2.98. The molecule has 0 saturated heterocycles. The van der Waals surface area contributed by atoms with Gasteiger partial charge in [-0.15, -0.1) is 6.58 Å². The van der Waals surface area contributed by atoms with Gasteiger partial charge in [0, 0.05) is 12.6 Å². The summed E-state index contributed by atoms with van der Waals surface area (Å²) in [6.45, 7) is 6.64. The van der Waals surface area contributed by atoms with Crippen LogP contribution in [0.1, 0.15) is 64.7 Å². The van der Waals surface area contributed by atoms with Crippen LogP contribution in [0.25, 0.3) is 0 Å². The van der Waals surface area contributed by atoms with Crippen molar-refractivity contribution in [2.45, 2.75) is 76.4 Å². The first-order valence-electron chi connectivity index (χ1n) is 7.25. The third-order valence-electron chi connectivity index (χ3n) is 3.98. The molecule has 1 fully saturated rings. The van der Waals surface area contributed by atoms with Gasteiger partial charge in [0.1, 0.15) is 0 Å². The van der Waals surface area contributed by atoms with Crippen molar-refractivity contribution >= 4 is 0 Å². The molecule has 1 unspecified atom stereocenters. The minimum absolute atomic E-state index is 0.0353. The third-order valence-corrected chi connectivity index (χ3v) is 3.98.